The highest BCUT2D eigenvalue weighted by Crippen LogP contribution is 2.10. The predicted molar refractivity (Wildman–Crippen MR) is 36.9 cm³/mol. The number of hydrogen-bond donors (Lipinski definition) is 0. The number of methoxy groups -OCH3 is 1. The van der Waals surface area contributed by atoms with Crippen molar-refractivity contribution in [2.24, 2.45) is 5.92 Å². The van der Waals surface area contributed by atoms with Crippen molar-refractivity contribution in [2.45, 2.75) is 13.2 Å². The molecule has 0 amide bonds. The average Bonchev–Trinajstić information content (AvgIpc) is 2.05. The second kappa shape index (κ2) is 3.69. The van der Waals surface area contributed by atoms with Crippen LogP contribution in [0.25, 0.3) is 0 Å². The van der Waals surface area contributed by atoms with Crippen molar-refractivity contribution in [1.82, 2.24) is 0 Å². The van der Waals surface area contributed by atoms with E-state index in [1.807, 2.05) is 6.92 Å². The summed E-state index contributed by atoms with van der Waals surface area (Å²) < 4.78 is 14.5. The zero-order chi connectivity index (χ0) is 8.27. The van der Waals surface area contributed by atoms with Gasteiger partial charge in [-0.3, -0.25) is 0 Å². The van der Waals surface area contributed by atoms with Crippen molar-refractivity contribution in [3.8, 4) is 0 Å². The number of rotatable bonds is 1. The van der Waals surface area contributed by atoms with Gasteiger partial charge in [0, 0.05) is 5.92 Å². The minimum absolute atomic E-state index is 0.357. The van der Waals surface area contributed by atoms with Gasteiger partial charge in [-0.1, -0.05) is 6.92 Å². The minimum atomic E-state index is -0.809. The molecule has 1 aliphatic rings. The summed E-state index contributed by atoms with van der Waals surface area (Å²) in [5.41, 5.74) is 0. The molecule has 4 nitrogen and oxygen atoms in total. The number of carbonyl (C=O) groups excluding carboxylic acids is 1. The fourth-order valence-corrected chi connectivity index (χ4v) is 0.832. The molecular weight excluding hydrogens is 148 g/mol. The lowest BCUT2D eigenvalue weighted by molar-refractivity contribution is -0.217. The Balaban J connectivity index is 2.33. The van der Waals surface area contributed by atoms with Crippen LogP contribution in [-0.2, 0) is 19.0 Å². The quantitative estimate of drug-likeness (QED) is 0.513. The molecule has 0 aliphatic carbocycles. The molecular formula is C7H12O4. The van der Waals surface area contributed by atoms with E-state index < -0.39 is 12.3 Å². The van der Waals surface area contributed by atoms with Crippen LogP contribution >= 0.6 is 0 Å². The van der Waals surface area contributed by atoms with Gasteiger partial charge in [0.1, 0.15) is 0 Å². The Morgan fingerprint density at radius 2 is 2.00 bits per heavy atom. The summed E-state index contributed by atoms with van der Waals surface area (Å²) >= 11 is 0. The van der Waals surface area contributed by atoms with Crippen molar-refractivity contribution in [3.63, 3.8) is 0 Å². The van der Waals surface area contributed by atoms with Crippen LogP contribution in [0.5, 0.6) is 0 Å². The molecule has 11 heavy (non-hydrogen) atoms. The predicted octanol–water partition coefficient (Wildman–Crippen LogP) is 0.168. The van der Waals surface area contributed by atoms with Crippen LogP contribution in [0.4, 0.5) is 0 Å². The van der Waals surface area contributed by atoms with E-state index in [2.05, 4.69) is 4.74 Å². The van der Waals surface area contributed by atoms with Crippen LogP contribution in [0, 0.1) is 5.92 Å². The van der Waals surface area contributed by atoms with Crippen molar-refractivity contribution >= 4 is 5.97 Å². The summed E-state index contributed by atoms with van der Waals surface area (Å²) in [6.07, 6.45) is -0.809. The smallest absolute Gasteiger partial charge is 0.363 e. The van der Waals surface area contributed by atoms with Gasteiger partial charge in [0.2, 0.25) is 0 Å². The van der Waals surface area contributed by atoms with E-state index in [1.54, 1.807) is 0 Å². The Bertz CT molecular complexity index is 137. The number of carbonyl (C=O) groups is 1. The number of hydrogen-bond acceptors (Lipinski definition) is 4. The molecule has 0 aromatic rings. The Hall–Kier alpha value is -0.610. The molecule has 0 bridgehead atoms. The van der Waals surface area contributed by atoms with E-state index in [0.29, 0.717) is 19.1 Å². The summed E-state index contributed by atoms with van der Waals surface area (Å²) in [6, 6.07) is 0. The van der Waals surface area contributed by atoms with Crippen molar-refractivity contribution < 1.29 is 19.0 Å². The van der Waals surface area contributed by atoms with Crippen molar-refractivity contribution in [2.75, 3.05) is 20.3 Å². The van der Waals surface area contributed by atoms with E-state index in [-0.39, 0.29) is 0 Å². The van der Waals surface area contributed by atoms with Gasteiger partial charge >= 0.3 is 5.97 Å². The van der Waals surface area contributed by atoms with E-state index in [9.17, 15) is 4.79 Å². The SMILES string of the molecule is COC(=O)C1OCC(C)CO1. The van der Waals surface area contributed by atoms with Gasteiger partial charge in [-0.05, 0) is 0 Å². The molecule has 4 heteroatoms. The van der Waals surface area contributed by atoms with Gasteiger partial charge < -0.3 is 14.2 Å². The van der Waals surface area contributed by atoms with E-state index in [4.69, 9.17) is 9.47 Å². The maximum atomic E-state index is 10.8. The second-order valence-corrected chi connectivity index (χ2v) is 2.63. The highest BCUT2D eigenvalue weighted by molar-refractivity contribution is 5.73. The Kier molecular flexibility index (Phi) is 2.84. The number of esters is 1. The van der Waals surface area contributed by atoms with Crippen LogP contribution < -0.4 is 0 Å². The monoisotopic (exact) mass is 160 g/mol. The zero-order valence-electron chi connectivity index (χ0n) is 6.70. The Morgan fingerprint density at radius 3 is 2.45 bits per heavy atom. The maximum Gasteiger partial charge on any atom is 0.363 e. The standard InChI is InChI=1S/C7H12O4/c1-5-3-10-7(11-4-5)6(8)9-2/h5,7H,3-4H2,1-2H3. The molecule has 0 N–H and O–H groups in total. The van der Waals surface area contributed by atoms with Crippen LogP contribution in [0.15, 0.2) is 0 Å². The average molecular weight is 160 g/mol. The topological polar surface area (TPSA) is 44.8 Å². The molecule has 0 atom stereocenters. The summed E-state index contributed by atoms with van der Waals surface area (Å²) in [5, 5.41) is 0. The molecule has 1 rings (SSSR count). The number of ether oxygens (including phenoxy) is 3. The molecule has 0 spiro atoms. The van der Waals surface area contributed by atoms with Gasteiger partial charge in [0.15, 0.2) is 0 Å². The summed E-state index contributed by atoms with van der Waals surface area (Å²) in [7, 11) is 1.31. The van der Waals surface area contributed by atoms with E-state index in [1.165, 1.54) is 7.11 Å². The molecule has 1 aliphatic heterocycles. The third kappa shape index (κ3) is 2.17. The first-order chi connectivity index (χ1) is 5.24. The first-order valence-electron chi connectivity index (χ1n) is 3.55. The highest BCUT2D eigenvalue weighted by atomic mass is 16.7. The molecule has 0 radical (unpaired) electrons. The van der Waals surface area contributed by atoms with Crippen LogP contribution in [0.3, 0.4) is 0 Å². The van der Waals surface area contributed by atoms with Crippen molar-refractivity contribution in [1.29, 1.82) is 0 Å². The zero-order valence-corrected chi connectivity index (χ0v) is 6.70. The molecule has 0 aromatic carbocycles. The summed E-state index contributed by atoms with van der Waals surface area (Å²) in [4.78, 5) is 10.8. The Morgan fingerprint density at radius 1 is 1.45 bits per heavy atom. The van der Waals surface area contributed by atoms with Gasteiger partial charge in [-0.2, -0.15) is 0 Å². The van der Waals surface area contributed by atoms with Gasteiger partial charge in [-0.15, -0.1) is 0 Å². The van der Waals surface area contributed by atoms with Gasteiger partial charge in [-0.25, -0.2) is 4.79 Å². The fraction of sp³-hybridized carbons (Fsp3) is 0.857. The lowest BCUT2D eigenvalue weighted by Crippen LogP contribution is -2.37. The van der Waals surface area contributed by atoms with Crippen molar-refractivity contribution in [3.05, 3.63) is 0 Å². The minimum Gasteiger partial charge on any atom is -0.465 e. The first kappa shape index (κ1) is 8.49. The van der Waals surface area contributed by atoms with Gasteiger partial charge in [0.25, 0.3) is 6.29 Å². The van der Waals surface area contributed by atoms with E-state index in [0.717, 1.165) is 0 Å². The van der Waals surface area contributed by atoms with Crippen LogP contribution in [0.2, 0.25) is 0 Å². The molecule has 1 fully saturated rings. The van der Waals surface area contributed by atoms with Crippen LogP contribution in [0.1, 0.15) is 6.92 Å². The Labute approximate surface area is 65.4 Å². The molecule has 0 unspecified atom stereocenters. The normalized spacial score (nSPS) is 31.5. The third-order valence-corrected chi connectivity index (χ3v) is 1.46. The lowest BCUT2D eigenvalue weighted by atomic mass is 10.2. The first-order valence-corrected chi connectivity index (χ1v) is 3.55. The highest BCUT2D eigenvalue weighted by Gasteiger charge is 2.26. The third-order valence-electron chi connectivity index (χ3n) is 1.46. The van der Waals surface area contributed by atoms with E-state index >= 15 is 0 Å². The molecule has 0 aromatic heterocycles. The van der Waals surface area contributed by atoms with Gasteiger partial charge in [0.05, 0.1) is 20.3 Å². The summed E-state index contributed by atoms with van der Waals surface area (Å²) in [5.74, 6) is -0.104. The molecule has 1 saturated heterocycles. The molecule has 64 valence electrons. The second-order valence-electron chi connectivity index (χ2n) is 2.63. The largest absolute Gasteiger partial charge is 0.465 e. The molecule has 0 saturated carbocycles. The fourth-order valence-electron chi connectivity index (χ4n) is 0.832. The lowest BCUT2D eigenvalue weighted by Gasteiger charge is -2.25. The molecule has 1 heterocycles. The maximum absolute atomic E-state index is 10.8. The summed E-state index contributed by atoms with van der Waals surface area (Å²) in [6.45, 7) is 3.10. The van der Waals surface area contributed by atoms with Crippen LogP contribution in [-0.4, -0.2) is 32.6 Å².